The van der Waals surface area contributed by atoms with Gasteiger partial charge in [0.05, 0.1) is 18.8 Å². The second-order valence-corrected chi connectivity index (χ2v) is 4.18. The molecule has 4 heteroatoms. The van der Waals surface area contributed by atoms with Crippen molar-refractivity contribution in [3.63, 3.8) is 0 Å². The van der Waals surface area contributed by atoms with Crippen LogP contribution < -0.4 is 0 Å². The molecule has 3 nitrogen and oxygen atoms in total. The van der Waals surface area contributed by atoms with Crippen LogP contribution in [0.5, 0.6) is 0 Å². The van der Waals surface area contributed by atoms with E-state index >= 15 is 0 Å². The van der Waals surface area contributed by atoms with Gasteiger partial charge in [0.2, 0.25) is 0 Å². The van der Waals surface area contributed by atoms with Gasteiger partial charge in [-0.2, -0.15) is 0 Å². The molecule has 3 atom stereocenters. The van der Waals surface area contributed by atoms with Gasteiger partial charge < -0.3 is 10.2 Å². The zero-order chi connectivity index (χ0) is 11.5. The van der Waals surface area contributed by atoms with E-state index < -0.39 is 18.3 Å². The lowest BCUT2D eigenvalue weighted by atomic mass is 10.1. The smallest absolute Gasteiger partial charge is 0.145 e. The maximum atomic E-state index is 13.5. The Morgan fingerprint density at radius 1 is 1.31 bits per heavy atom. The van der Waals surface area contributed by atoms with Crippen molar-refractivity contribution in [2.75, 3.05) is 13.2 Å². The van der Waals surface area contributed by atoms with E-state index in [2.05, 4.69) is 0 Å². The molecule has 16 heavy (non-hydrogen) atoms. The van der Waals surface area contributed by atoms with Gasteiger partial charge in [-0.3, -0.25) is 4.90 Å². The molecule has 88 valence electrons. The van der Waals surface area contributed by atoms with Crippen LogP contribution in [0, 0.1) is 0 Å². The molecular weight excluding hydrogens is 209 g/mol. The fourth-order valence-electron chi connectivity index (χ4n) is 2.15. The van der Waals surface area contributed by atoms with Crippen molar-refractivity contribution in [1.82, 2.24) is 4.90 Å². The zero-order valence-corrected chi connectivity index (χ0v) is 8.96. The van der Waals surface area contributed by atoms with Gasteiger partial charge >= 0.3 is 0 Å². The van der Waals surface area contributed by atoms with Crippen molar-refractivity contribution in [3.8, 4) is 0 Å². The number of alkyl halides is 1. The van der Waals surface area contributed by atoms with Gasteiger partial charge in [-0.05, 0) is 5.56 Å². The Balaban J connectivity index is 2.05. The Morgan fingerprint density at radius 2 is 2.00 bits per heavy atom. The minimum atomic E-state index is -1.35. The number of hydrogen-bond acceptors (Lipinski definition) is 3. The molecule has 0 saturated carbocycles. The van der Waals surface area contributed by atoms with Crippen molar-refractivity contribution < 1.29 is 14.6 Å². The summed E-state index contributed by atoms with van der Waals surface area (Å²) in [5, 5.41) is 18.5. The third-order valence-electron chi connectivity index (χ3n) is 3.04. The number of nitrogens with zero attached hydrogens (tertiary/aromatic N) is 1. The molecule has 2 N–H and O–H groups in total. The van der Waals surface area contributed by atoms with E-state index in [9.17, 15) is 9.50 Å². The van der Waals surface area contributed by atoms with E-state index in [1.54, 1.807) is 4.90 Å². The van der Waals surface area contributed by atoms with E-state index in [0.717, 1.165) is 5.56 Å². The van der Waals surface area contributed by atoms with Crippen LogP contribution in [0.4, 0.5) is 4.39 Å². The van der Waals surface area contributed by atoms with Crippen LogP contribution in [-0.4, -0.2) is 46.6 Å². The summed E-state index contributed by atoms with van der Waals surface area (Å²) >= 11 is 0. The molecule has 0 bridgehead atoms. The summed E-state index contributed by atoms with van der Waals surface area (Å²) in [6.45, 7) is 0.579. The molecule has 1 fully saturated rings. The van der Waals surface area contributed by atoms with Crippen molar-refractivity contribution in [2.45, 2.75) is 24.9 Å². The maximum absolute atomic E-state index is 13.5. The average Bonchev–Trinajstić information content (AvgIpc) is 2.56. The fraction of sp³-hybridized carbons (Fsp3) is 0.500. The molecule has 1 saturated heterocycles. The summed E-state index contributed by atoms with van der Waals surface area (Å²) in [7, 11) is 0. The van der Waals surface area contributed by atoms with Crippen LogP contribution in [0.2, 0.25) is 0 Å². The molecule has 1 aromatic rings. The third-order valence-corrected chi connectivity index (χ3v) is 3.04. The molecule has 0 spiro atoms. The van der Waals surface area contributed by atoms with Gasteiger partial charge in [0.1, 0.15) is 6.17 Å². The summed E-state index contributed by atoms with van der Waals surface area (Å²) in [4.78, 5) is 1.78. The molecule has 0 amide bonds. The summed E-state index contributed by atoms with van der Waals surface area (Å²) < 4.78 is 13.5. The van der Waals surface area contributed by atoms with Gasteiger partial charge in [0.15, 0.2) is 0 Å². The third kappa shape index (κ3) is 2.24. The second kappa shape index (κ2) is 4.91. The lowest BCUT2D eigenvalue weighted by Gasteiger charge is -2.22. The predicted octanol–water partition coefficient (Wildman–Crippen LogP) is 0.562. The summed E-state index contributed by atoms with van der Waals surface area (Å²) in [6, 6.07) is 9.07. The Morgan fingerprint density at radius 3 is 2.62 bits per heavy atom. The molecule has 0 radical (unpaired) electrons. The highest BCUT2D eigenvalue weighted by Gasteiger charge is 2.40. The molecule has 2 rings (SSSR count). The van der Waals surface area contributed by atoms with Gasteiger partial charge in [0.25, 0.3) is 0 Å². The summed E-state index contributed by atoms with van der Waals surface area (Å²) in [6.07, 6.45) is -2.34. The zero-order valence-electron chi connectivity index (χ0n) is 8.96. The molecule has 1 aliphatic rings. The molecule has 1 aliphatic heterocycles. The highest BCUT2D eigenvalue weighted by atomic mass is 19.1. The topological polar surface area (TPSA) is 43.7 Å². The number of benzene rings is 1. The molecule has 1 heterocycles. The van der Waals surface area contributed by atoms with Crippen LogP contribution in [0.15, 0.2) is 30.3 Å². The highest BCUT2D eigenvalue weighted by molar-refractivity contribution is 5.15. The SMILES string of the molecule is OC[C@@H]1[C@@H](F)[C@H](O)CN1Cc1ccccc1. The van der Waals surface area contributed by atoms with Gasteiger partial charge in [-0.25, -0.2) is 4.39 Å². The first-order valence-corrected chi connectivity index (χ1v) is 5.43. The number of β-amino-alcohol motifs (C(OH)–C–C–N with tert-alkyl or cyclic N) is 1. The van der Waals surface area contributed by atoms with Crippen LogP contribution in [-0.2, 0) is 6.54 Å². The van der Waals surface area contributed by atoms with E-state index in [-0.39, 0.29) is 13.2 Å². The quantitative estimate of drug-likeness (QED) is 0.790. The Hall–Kier alpha value is -0.970. The van der Waals surface area contributed by atoms with Crippen LogP contribution in [0.1, 0.15) is 5.56 Å². The number of hydrogen-bond donors (Lipinski definition) is 2. The van der Waals surface area contributed by atoms with E-state index in [4.69, 9.17) is 5.11 Å². The minimum Gasteiger partial charge on any atom is -0.395 e. The molecule has 1 aromatic carbocycles. The molecular formula is C12H16FNO2. The number of halogens is 1. The average molecular weight is 225 g/mol. The van der Waals surface area contributed by atoms with E-state index in [0.29, 0.717) is 6.54 Å². The Labute approximate surface area is 94.1 Å². The molecule has 0 unspecified atom stereocenters. The first-order chi connectivity index (χ1) is 7.72. The maximum Gasteiger partial charge on any atom is 0.145 e. The lowest BCUT2D eigenvalue weighted by molar-refractivity contribution is 0.0822. The number of aliphatic hydroxyl groups is 2. The van der Waals surface area contributed by atoms with Crippen LogP contribution in [0.3, 0.4) is 0 Å². The van der Waals surface area contributed by atoms with Crippen molar-refractivity contribution in [3.05, 3.63) is 35.9 Å². The highest BCUT2D eigenvalue weighted by Crippen LogP contribution is 2.23. The van der Waals surface area contributed by atoms with Crippen molar-refractivity contribution in [1.29, 1.82) is 0 Å². The van der Waals surface area contributed by atoms with E-state index in [1.807, 2.05) is 30.3 Å². The number of rotatable bonds is 3. The number of aliphatic hydroxyl groups excluding tert-OH is 2. The van der Waals surface area contributed by atoms with Crippen LogP contribution in [0.25, 0.3) is 0 Å². The van der Waals surface area contributed by atoms with Gasteiger partial charge in [-0.15, -0.1) is 0 Å². The second-order valence-electron chi connectivity index (χ2n) is 4.18. The first-order valence-electron chi connectivity index (χ1n) is 5.43. The standard InChI is InChI=1S/C12H16FNO2/c13-12-10(8-15)14(7-11(12)16)6-9-4-2-1-3-5-9/h1-5,10-12,15-16H,6-8H2/t10-,11-,12-/m1/s1. The van der Waals surface area contributed by atoms with Crippen LogP contribution >= 0.6 is 0 Å². The van der Waals surface area contributed by atoms with E-state index in [1.165, 1.54) is 0 Å². The van der Waals surface area contributed by atoms with Crippen molar-refractivity contribution in [2.24, 2.45) is 0 Å². The Kier molecular flexibility index (Phi) is 3.53. The summed E-state index contributed by atoms with van der Waals surface area (Å²) in [5.74, 6) is 0. The number of likely N-dealkylation sites (tertiary alicyclic amines) is 1. The largest absolute Gasteiger partial charge is 0.395 e. The lowest BCUT2D eigenvalue weighted by Crippen LogP contribution is -2.36. The molecule has 0 aromatic heterocycles. The fourth-order valence-corrected chi connectivity index (χ4v) is 2.15. The van der Waals surface area contributed by atoms with Gasteiger partial charge in [0, 0.05) is 13.1 Å². The van der Waals surface area contributed by atoms with Gasteiger partial charge in [-0.1, -0.05) is 30.3 Å². The summed E-state index contributed by atoms with van der Waals surface area (Å²) in [5.41, 5.74) is 1.06. The normalized spacial score (nSPS) is 30.8. The predicted molar refractivity (Wildman–Crippen MR) is 58.6 cm³/mol. The first kappa shape index (κ1) is 11.5. The monoisotopic (exact) mass is 225 g/mol. The minimum absolute atomic E-state index is 0.259. The molecule has 0 aliphatic carbocycles. The Bertz CT molecular complexity index is 333. The van der Waals surface area contributed by atoms with Crippen molar-refractivity contribution >= 4 is 0 Å².